The molecule has 4 heteroatoms. The largest absolute Gasteiger partial charge is 0.383 e. The highest BCUT2D eigenvalue weighted by atomic mass is 16.5. The predicted molar refractivity (Wildman–Crippen MR) is 89.9 cm³/mol. The van der Waals surface area contributed by atoms with E-state index >= 15 is 0 Å². The summed E-state index contributed by atoms with van der Waals surface area (Å²) in [7, 11) is 1.76. The van der Waals surface area contributed by atoms with E-state index in [4.69, 9.17) is 4.74 Å². The predicted octanol–water partition coefficient (Wildman–Crippen LogP) is 3.39. The van der Waals surface area contributed by atoms with Crippen molar-refractivity contribution in [2.75, 3.05) is 31.7 Å². The van der Waals surface area contributed by atoms with Crippen molar-refractivity contribution in [3.05, 3.63) is 23.9 Å². The lowest BCUT2D eigenvalue weighted by Crippen LogP contribution is -2.39. The SMILES string of the molecule is CCNC(C)c1cccnc1N(CCOC)C(CC)CC. The van der Waals surface area contributed by atoms with E-state index in [1.54, 1.807) is 7.11 Å². The van der Waals surface area contributed by atoms with Crippen LogP contribution in [0.1, 0.15) is 52.1 Å². The summed E-state index contributed by atoms with van der Waals surface area (Å²) in [6, 6.07) is 5.01. The van der Waals surface area contributed by atoms with Gasteiger partial charge in [-0.05, 0) is 32.4 Å². The molecular weight excluding hydrogens is 262 g/mol. The average molecular weight is 293 g/mol. The smallest absolute Gasteiger partial charge is 0.133 e. The van der Waals surface area contributed by atoms with E-state index < -0.39 is 0 Å². The fourth-order valence-electron chi connectivity index (χ4n) is 2.78. The summed E-state index contributed by atoms with van der Waals surface area (Å²) < 4.78 is 5.30. The number of methoxy groups -OCH3 is 1. The van der Waals surface area contributed by atoms with Gasteiger partial charge in [0.25, 0.3) is 0 Å². The number of nitrogens with one attached hydrogen (secondary N) is 1. The highest BCUT2D eigenvalue weighted by Gasteiger charge is 2.21. The molecule has 120 valence electrons. The summed E-state index contributed by atoms with van der Waals surface area (Å²) in [6.07, 6.45) is 4.12. The topological polar surface area (TPSA) is 37.4 Å². The van der Waals surface area contributed by atoms with Gasteiger partial charge in [-0.25, -0.2) is 4.98 Å². The van der Waals surface area contributed by atoms with Crippen molar-refractivity contribution in [2.45, 2.75) is 52.6 Å². The zero-order valence-electron chi connectivity index (χ0n) is 14.2. The standard InChI is InChI=1S/C17H31N3O/c1-6-15(7-2)20(12-13-21-5)17-16(10-9-11-19-17)14(4)18-8-3/h9-11,14-15,18H,6-8,12-13H2,1-5H3. The Labute approximate surface area is 129 Å². The number of rotatable bonds is 10. The van der Waals surface area contributed by atoms with Gasteiger partial charge in [0.15, 0.2) is 0 Å². The Hall–Kier alpha value is -1.13. The van der Waals surface area contributed by atoms with Crippen LogP contribution in [-0.2, 0) is 4.74 Å². The van der Waals surface area contributed by atoms with Crippen LogP contribution in [0.3, 0.4) is 0 Å². The van der Waals surface area contributed by atoms with E-state index in [-0.39, 0.29) is 0 Å². The van der Waals surface area contributed by atoms with Gasteiger partial charge in [-0.2, -0.15) is 0 Å². The number of hydrogen-bond donors (Lipinski definition) is 1. The lowest BCUT2D eigenvalue weighted by molar-refractivity contribution is 0.202. The van der Waals surface area contributed by atoms with E-state index in [1.165, 1.54) is 5.56 Å². The molecule has 1 atom stereocenters. The molecule has 0 saturated heterocycles. The van der Waals surface area contributed by atoms with Crippen LogP contribution in [0.25, 0.3) is 0 Å². The maximum Gasteiger partial charge on any atom is 0.133 e. The third kappa shape index (κ3) is 4.97. The molecular formula is C17H31N3O. The van der Waals surface area contributed by atoms with E-state index in [2.05, 4.69) is 49.0 Å². The van der Waals surface area contributed by atoms with Crippen LogP contribution in [0.15, 0.2) is 18.3 Å². The first kappa shape index (κ1) is 17.9. The molecule has 0 amide bonds. The third-order valence-corrected chi connectivity index (χ3v) is 3.99. The molecule has 0 spiro atoms. The summed E-state index contributed by atoms with van der Waals surface area (Å²) in [4.78, 5) is 7.09. The number of anilines is 1. The van der Waals surface area contributed by atoms with Gasteiger partial charge in [-0.1, -0.05) is 26.8 Å². The van der Waals surface area contributed by atoms with Gasteiger partial charge in [-0.3, -0.25) is 0 Å². The highest BCUT2D eigenvalue weighted by molar-refractivity contribution is 5.49. The van der Waals surface area contributed by atoms with Crippen LogP contribution in [0.2, 0.25) is 0 Å². The minimum atomic E-state index is 0.304. The molecule has 0 saturated carbocycles. The quantitative estimate of drug-likeness (QED) is 0.717. The molecule has 0 aliphatic carbocycles. The normalized spacial score (nSPS) is 12.7. The first-order chi connectivity index (χ1) is 10.2. The molecule has 1 rings (SSSR count). The molecule has 0 aliphatic rings. The molecule has 0 fully saturated rings. The lowest BCUT2D eigenvalue weighted by atomic mass is 10.1. The number of ether oxygens (including phenoxy) is 1. The Morgan fingerprint density at radius 3 is 2.57 bits per heavy atom. The molecule has 1 aromatic rings. The first-order valence-corrected chi connectivity index (χ1v) is 8.13. The fraction of sp³-hybridized carbons (Fsp3) is 0.706. The van der Waals surface area contributed by atoms with Crippen molar-refractivity contribution < 1.29 is 4.74 Å². The van der Waals surface area contributed by atoms with Crippen LogP contribution < -0.4 is 10.2 Å². The number of aromatic nitrogens is 1. The summed E-state index contributed by atoms with van der Waals surface area (Å²) >= 11 is 0. The number of nitrogens with zero attached hydrogens (tertiary/aromatic N) is 2. The number of hydrogen-bond acceptors (Lipinski definition) is 4. The maximum absolute atomic E-state index is 5.30. The van der Waals surface area contributed by atoms with Crippen molar-refractivity contribution in [1.82, 2.24) is 10.3 Å². The zero-order valence-corrected chi connectivity index (χ0v) is 14.2. The van der Waals surface area contributed by atoms with Crippen molar-refractivity contribution >= 4 is 5.82 Å². The van der Waals surface area contributed by atoms with Crippen molar-refractivity contribution in [2.24, 2.45) is 0 Å². The van der Waals surface area contributed by atoms with Crippen molar-refractivity contribution in [3.8, 4) is 0 Å². The second-order valence-electron chi connectivity index (χ2n) is 5.35. The first-order valence-electron chi connectivity index (χ1n) is 8.13. The maximum atomic E-state index is 5.30. The highest BCUT2D eigenvalue weighted by Crippen LogP contribution is 2.27. The number of pyridine rings is 1. The van der Waals surface area contributed by atoms with E-state index in [1.807, 2.05) is 12.3 Å². The molecule has 4 nitrogen and oxygen atoms in total. The summed E-state index contributed by atoms with van der Waals surface area (Å²) in [5.74, 6) is 1.09. The molecule has 0 aromatic carbocycles. The minimum absolute atomic E-state index is 0.304. The molecule has 0 radical (unpaired) electrons. The molecule has 0 bridgehead atoms. The van der Waals surface area contributed by atoms with Crippen molar-refractivity contribution in [1.29, 1.82) is 0 Å². The van der Waals surface area contributed by atoms with Gasteiger partial charge in [0, 0.05) is 37.5 Å². The molecule has 0 aliphatic heterocycles. The van der Waals surface area contributed by atoms with Crippen LogP contribution in [0.4, 0.5) is 5.82 Å². The van der Waals surface area contributed by atoms with Gasteiger partial charge in [0.1, 0.15) is 5.82 Å². The lowest BCUT2D eigenvalue weighted by Gasteiger charge is -2.34. The van der Waals surface area contributed by atoms with Gasteiger partial charge in [-0.15, -0.1) is 0 Å². The summed E-state index contributed by atoms with van der Waals surface area (Å²) in [6.45, 7) is 11.4. The Balaban J connectivity index is 3.10. The van der Waals surface area contributed by atoms with E-state index in [0.29, 0.717) is 12.1 Å². The Kier molecular flexibility index (Phi) is 8.31. The minimum Gasteiger partial charge on any atom is -0.383 e. The zero-order chi connectivity index (χ0) is 15.7. The van der Waals surface area contributed by atoms with E-state index in [9.17, 15) is 0 Å². The second kappa shape index (κ2) is 9.74. The second-order valence-corrected chi connectivity index (χ2v) is 5.35. The van der Waals surface area contributed by atoms with Crippen LogP contribution >= 0.6 is 0 Å². The van der Waals surface area contributed by atoms with Crippen molar-refractivity contribution in [3.63, 3.8) is 0 Å². The molecule has 1 heterocycles. The van der Waals surface area contributed by atoms with Crippen LogP contribution in [-0.4, -0.2) is 37.8 Å². The molecule has 1 N–H and O–H groups in total. The van der Waals surface area contributed by atoms with Gasteiger partial charge >= 0.3 is 0 Å². The van der Waals surface area contributed by atoms with Gasteiger partial charge < -0.3 is 15.0 Å². The Morgan fingerprint density at radius 1 is 1.29 bits per heavy atom. The van der Waals surface area contributed by atoms with E-state index in [0.717, 1.165) is 38.4 Å². The molecule has 1 aromatic heterocycles. The van der Waals surface area contributed by atoms with Crippen LogP contribution in [0.5, 0.6) is 0 Å². The summed E-state index contributed by atoms with van der Waals surface area (Å²) in [5, 5.41) is 3.49. The average Bonchev–Trinajstić information content (AvgIpc) is 2.52. The molecule has 21 heavy (non-hydrogen) atoms. The Morgan fingerprint density at radius 2 is 2.00 bits per heavy atom. The monoisotopic (exact) mass is 293 g/mol. The van der Waals surface area contributed by atoms with Gasteiger partial charge in [0.2, 0.25) is 0 Å². The Bertz CT molecular complexity index is 393. The third-order valence-electron chi connectivity index (χ3n) is 3.99. The molecule has 1 unspecified atom stereocenters. The summed E-state index contributed by atoms with van der Waals surface area (Å²) in [5.41, 5.74) is 1.27. The van der Waals surface area contributed by atoms with Crippen LogP contribution in [0, 0.1) is 0 Å². The van der Waals surface area contributed by atoms with Gasteiger partial charge in [0.05, 0.1) is 6.61 Å². The fourth-order valence-corrected chi connectivity index (χ4v) is 2.78.